The van der Waals surface area contributed by atoms with E-state index in [9.17, 15) is 4.79 Å². The van der Waals surface area contributed by atoms with Gasteiger partial charge in [0.25, 0.3) is 0 Å². The summed E-state index contributed by atoms with van der Waals surface area (Å²) in [6, 6.07) is 0. The highest BCUT2D eigenvalue weighted by Gasteiger charge is 2.05. The van der Waals surface area contributed by atoms with Crippen molar-refractivity contribution in [3.63, 3.8) is 0 Å². The Labute approximate surface area is 91.9 Å². The molecule has 0 aromatic carbocycles. The molecular formula is C11H22N2O2. The maximum atomic E-state index is 11.3. The third-order valence-electron chi connectivity index (χ3n) is 1.97. The van der Waals surface area contributed by atoms with Crippen molar-refractivity contribution in [3.8, 4) is 0 Å². The van der Waals surface area contributed by atoms with E-state index in [4.69, 9.17) is 10.5 Å². The molecule has 4 heteroatoms. The first kappa shape index (κ1) is 14.1. The van der Waals surface area contributed by atoms with Crippen LogP contribution in [0.25, 0.3) is 0 Å². The summed E-state index contributed by atoms with van der Waals surface area (Å²) >= 11 is 0. The first-order valence-corrected chi connectivity index (χ1v) is 5.36. The minimum absolute atomic E-state index is 0.0419. The van der Waals surface area contributed by atoms with Crippen molar-refractivity contribution in [3.05, 3.63) is 12.7 Å². The maximum absolute atomic E-state index is 11.3. The van der Waals surface area contributed by atoms with E-state index in [1.54, 1.807) is 0 Å². The average Bonchev–Trinajstić information content (AvgIpc) is 2.23. The van der Waals surface area contributed by atoms with Crippen LogP contribution in [0.5, 0.6) is 0 Å². The van der Waals surface area contributed by atoms with Gasteiger partial charge >= 0.3 is 0 Å². The highest BCUT2D eigenvalue weighted by Crippen LogP contribution is 1.97. The molecule has 0 aromatic heterocycles. The molecule has 0 fully saturated rings. The van der Waals surface area contributed by atoms with Gasteiger partial charge in [-0.15, -0.1) is 6.58 Å². The molecule has 1 amide bonds. The molecule has 88 valence electrons. The van der Waals surface area contributed by atoms with Gasteiger partial charge < -0.3 is 15.8 Å². The Bertz CT molecular complexity index is 183. The monoisotopic (exact) mass is 214 g/mol. The molecule has 3 N–H and O–H groups in total. The number of hydrogen-bond acceptors (Lipinski definition) is 3. The highest BCUT2D eigenvalue weighted by molar-refractivity contribution is 5.76. The van der Waals surface area contributed by atoms with Gasteiger partial charge in [0, 0.05) is 13.0 Å². The second-order valence-corrected chi connectivity index (χ2v) is 3.58. The Morgan fingerprint density at radius 3 is 2.93 bits per heavy atom. The molecule has 0 spiro atoms. The zero-order valence-electron chi connectivity index (χ0n) is 9.50. The predicted molar refractivity (Wildman–Crippen MR) is 61.5 cm³/mol. The molecule has 15 heavy (non-hydrogen) atoms. The lowest BCUT2D eigenvalue weighted by Crippen LogP contribution is -2.30. The molecule has 0 rings (SSSR count). The Morgan fingerprint density at radius 2 is 2.33 bits per heavy atom. The van der Waals surface area contributed by atoms with E-state index in [2.05, 4.69) is 11.9 Å². The third-order valence-corrected chi connectivity index (χ3v) is 1.97. The molecular weight excluding hydrogens is 192 g/mol. The van der Waals surface area contributed by atoms with Crippen molar-refractivity contribution in [2.45, 2.75) is 19.8 Å². The molecule has 0 heterocycles. The largest absolute Gasteiger partial charge is 0.379 e. The first-order valence-electron chi connectivity index (χ1n) is 5.36. The van der Waals surface area contributed by atoms with E-state index in [-0.39, 0.29) is 11.8 Å². The standard InChI is InChI=1S/C11H22N2O2/c1-3-4-6-15-7-5-13-11(14)8-10(2)9-12/h3,10H,1,4-9,12H2,2H3,(H,13,14). The molecule has 0 aliphatic heterocycles. The van der Waals surface area contributed by atoms with Gasteiger partial charge in [0.15, 0.2) is 0 Å². The Balaban J connectivity index is 3.27. The summed E-state index contributed by atoms with van der Waals surface area (Å²) in [5.74, 6) is 0.284. The van der Waals surface area contributed by atoms with Gasteiger partial charge in [0.1, 0.15) is 0 Å². The number of carbonyl (C=O) groups is 1. The topological polar surface area (TPSA) is 64.3 Å². The maximum Gasteiger partial charge on any atom is 0.220 e. The van der Waals surface area contributed by atoms with E-state index in [1.165, 1.54) is 0 Å². The summed E-state index contributed by atoms with van der Waals surface area (Å²) in [4.78, 5) is 11.3. The SMILES string of the molecule is C=CCCOCCNC(=O)CC(C)CN. The van der Waals surface area contributed by atoms with Crippen LogP contribution in [0, 0.1) is 5.92 Å². The smallest absolute Gasteiger partial charge is 0.220 e. The summed E-state index contributed by atoms with van der Waals surface area (Å²) in [6.07, 6.45) is 3.14. The fourth-order valence-corrected chi connectivity index (χ4v) is 1.00. The number of ether oxygens (including phenoxy) is 1. The van der Waals surface area contributed by atoms with Gasteiger partial charge in [-0.25, -0.2) is 0 Å². The molecule has 0 saturated heterocycles. The molecule has 4 nitrogen and oxygen atoms in total. The van der Waals surface area contributed by atoms with Crippen LogP contribution in [0.2, 0.25) is 0 Å². The fraction of sp³-hybridized carbons (Fsp3) is 0.727. The summed E-state index contributed by atoms with van der Waals surface area (Å²) < 4.78 is 5.25. The number of hydrogen-bond donors (Lipinski definition) is 2. The van der Waals surface area contributed by atoms with Crippen LogP contribution in [0.1, 0.15) is 19.8 Å². The lowest BCUT2D eigenvalue weighted by Gasteiger charge is -2.09. The van der Waals surface area contributed by atoms with Crippen molar-refractivity contribution >= 4 is 5.91 Å². The lowest BCUT2D eigenvalue weighted by atomic mass is 10.1. The van der Waals surface area contributed by atoms with E-state index in [0.717, 1.165) is 6.42 Å². The number of carbonyl (C=O) groups excluding carboxylic acids is 1. The number of amides is 1. The molecule has 0 saturated carbocycles. The quantitative estimate of drug-likeness (QED) is 0.438. The van der Waals surface area contributed by atoms with Crippen LogP contribution in [0.4, 0.5) is 0 Å². The zero-order chi connectivity index (χ0) is 11.5. The Morgan fingerprint density at radius 1 is 1.60 bits per heavy atom. The zero-order valence-corrected chi connectivity index (χ0v) is 9.50. The summed E-state index contributed by atoms with van der Waals surface area (Å²) in [5.41, 5.74) is 5.42. The van der Waals surface area contributed by atoms with Crippen molar-refractivity contribution in [1.82, 2.24) is 5.32 Å². The molecule has 1 atom stereocenters. The van der Waals surface area contributed by atoms with Crippen LogP contribution in [0.15, 0.2) is 12.7 Å². The third kappa shape index (κ3) is 9.43. The van der Waals surface area contributed by atoms with Gasteiger partial charge in [-0.1, -0.05) is 13.0 Å². The van der Waals surface area contributed by atoms with Crippen molar-refractivity contribution < 1.29 is 9.53 Å². The van der Waals surface area contributed by atoms with Crippen molar-refractivity contribution in [2.24, 2.45) is 11.7 Å². The van der Waals surface area contributed by atoms with E-state index in [0.29, 0.717) is 32.7 Å². The highest BCUT2D eigenvalue weighted by atomic mass is 16.5. The fourth-order valence-electron chi connectivity index (χ4n) is 1.00. The van der Waals surface area contributed by atoms with Gasteiger partial charge in [-0.05, 0) is 18.9 Å². The molecule has 0 radical (unpaired) electrons. The summed E-state index contributed by atoms with van der Waals surface area (Å²) in [5, 5.41) is 2.78. The van der Waals surface area contributed by atoms with Crippen molar-refractivity contribution in [1.29, 1.82) is 0 Å². The number of rotatable bonds is 9. The predicted octanol–water partition coefficient (Wildman–Crippen LogP) is 0.680. The lowest BCUT2D eigenvalue weighted by molar-refractivity contribution is -0.122. The van der Waals surface area contributed by atoms with Crippen LogP contribution in [0.3, 0.4) is 0 Å². The number of nitrogens with one attached hydrogen (secondary N) is 1. The minimum Gasteiger partial charge on any atom is -0.379 e. The van der Waals surface area contributed by atoms with Gasteiger partial charge in [-0.2, -0.15) is 0 Å². The van der Waals surface area contributed by atoms with Crippen LogP contribution in [-0.2, 0) is 9.53 Å². The van der Waals surface area contributed by atoms with Crippen molar-refractivity contribution in [2.75, 3.05) is 26.3 Å². The molecule has 1 unspecified atom stereocenters. The van der Waals surface area contributed by atoms with Crippen LogP contribution < -0.4 is 11.1 Å². The molecule has 0 aliphatic carbocycles. The van der Waals surface area contributed by atoms with Gasteiger partial charge in [0.2, 0.25) is 5.91 Å². The van der Waals surface area contributed by atoms with E-state index >= 15 is 0 Å². The van der Waals surface area contributed by atoms with E-state index < -0.39 is 0 Å². The normalized spacial score (nSPS) is 12.1. The van der Waals surface area contributed by atoms with Crippen LogP contribution >= 0.6 is 0 Å². The van der Waals surface area contributed by atoms with Gasteiger partial charge in [-0.3, -0.25) is 4.79 Å². The molecule has 0 aromatic rings. The molecule has 0 aliphatic rings. The van der Waals surface area contributed by atoms with Crippen LogP contribution in [-0.4, -0.2) is 32.2 Å². The molecule has 0 bridgehead atoms. The second kappa shape index (κ2) is 9.68. The summed E-state index contributed by atoms with van der Waals surface area (Å²) in [6.45, 7) is 7.87. The average molecular weight is 214 g/mol. The Hall–Kier alpha value is -0.870. The van der Waals surface area contributed by atoms with E-state index in [1.807, 2.05) is 13.0 Å². The minimum atomic E-state index is 0.0419. The first-order chi connectivity index (χ1) is 7.20. The Kier molecular flexibility index (Phi) is 9.11. The van der Waals surface area contributed by atoms with Gasteiger partial charge in [0.05, 0.1) is 13.2 Å². The number of nitrogens with two attached hydrogens (primary N) is 1. The summed E-state index contributed by atoms with van der Waals surface area (Å²) in [7, 11) is 0. The second-order valence-electron chi connectivity index (χ2n) is 3.58.